The molecule has 1 saturated carbocycles. The number of aromatic nitrogens is 2. The first kappa shape index (κ1) is 8.17. The lowest BCUT2D eigenvalue weighted by Crippen LogP contribution is -2.03. The monoisotopic (exact) mass is 182 g/mol. The van der Waals surface area contributed by atoms with E-state index >= 15 is 0 Å². The number of hydrogen-bond acceptors (Lipinski definition) is 3. The van der Waals surface area contributed by atoms with Gasteiger partial charge in [0.2, 0.25) is 0 Å². The molecule has 0 atom stereocenters. The standard InChI is InChI=1S/C9H14N2S/c1-7-10-9(12-11-7)8-5-3-2-4-6-8/h8H,2-6H2,1H3. The van der Waals surface area contributed by atoms with Crippen molar-refractivity contribution < 1.29 is 0 Å². The van der Waals surface area contributed by atoms with Gasteiger partial charge in [0.1, 0.15) is 10.8 Å². The Bertz CT molecular complexity index is 251. The molecule has 1 aliphatic rings. The second-order valence-electron chi connectivity index (χ2n) is 3.51. The number of nitrogens with zero attached hydrogens (tertiary/aromatic N) is 2. The SMILES string of the molecule is Cc1nsc(C2CCCCC2)n1. The molecule has 0 aliphatic heterocycles. The highest BCUT2D eigenvalue weighted by molar-refractivity contribution is 7.05. The Balaban J connectivity index is 2.08. The number of aryl methyl sites for hydroxylation is 1. The van der Waals surface area contributed by atoms with Gasteiger partial charge in [0.25, 0.3) is 0 Å². The van der Waals surface area contributed by atoms with Gasteiger partial charge < -0.3 is 0 Å². The molecule has 0 aromatic carbocycles. The zero-order valence-electron chi connectivity index (χ0n) is 7.42. The average Bonchev–Trinajstić information content (AvgIpc) is 2.54. The Morgan fingerprint density at radius 2 is 2.00 bits per heavy atom. The molecule has 0 unspecified atom stereocenters. The van der Waals surface area contributed by atoms with Gasteiger partial charge in [0.15, 0.2) is 0 Å². The largest absolute Gasteiger partial charge is 0.225 e. The van der Waals surface area contributed by atoms with Crippen LogP contribution in [0, 0.1) is 6.92 Å². The van der Waals surface area contributed by atoms with E-state index in [9.17, 15) is 0 Å². The highest BCUT2D eigenvalue weighted by Crippen LogP contribution is 2.33. The minimum Gasteiger partial charge on any atom is -0.225 e. The van der Waals surface area contributed by atoms with Crippen molar-refractivity contribution in [2.75, 3.05) is 0 Å². The maximum Gasteiger partial charge on any atom is 0.139 e. The van der Waals surface area contributed by atoms with Crippen molar-refractivity contribution in [2.45, 2.75) is 44.9 Å². The van der Waals surface area contributed by atoms with Crippen molar-refractivity contribution in [3.8, 4) is 0 Å². The molecule has 3 heteroatoms. The van der Waals surface area contributed by atoms with Gasteiger partial charge in [0.05, 0.1) is 0 Å². The van der Waals surface area contributed by atoms with E-state index in [1.54, 1.807) is 11.5 Å². The molecule has 66 valence electrons. The second kappa shape index (κ2) is 3.52. The molecule has 2 rings (SSSR count). The van der Waals surface area contributed by atoms with Crippen LogP contribution in [0.1, 0.15) is 48.9 Å². The van der Waals surface area contributed by atoms with E-state index in [2.05, 4.69) is 9.36 Å². The van der Waals surface area contributed by atoms with E-state index in [4.69, 9.17) is 0 Å². The van der Waals surface area contributed by atoms with Crippen molar-refractivity contribution in [1.82, 2.24) is 9.36 Å². The Kier molecular flexibility index (Phi) is 2.40. The predicted octanol–water partition coefficient (Wildman–Crippen LogP) is 2.89. The van der Waals surface area contributed by atoms with Crippen molar-refractivity contribution >= 4 is 11.5 Å². The number of rotatable bonds is 1. The molecule has 0 radical (unpaired) electrons. The van der Waals surface area contributed by atoms with Gasteiger partial charge in [-0.2, -0.15) is 4.37 Å². The summed E-state index contributed by atoms with van der Waals surface area (Å²) in [6.45, 7) is 1.98. The fourth-order valence-electron chi connectivity index (χ4n) is 1.83. The van der Waals surface area contributed by atoms with E-state index in [1.807, 2.05) is 6.92 Å². The van der Waals surface area contributed by atoms with Crippen LogP contribution in [-0.4, -0.2) is 9.36 Å². The third-order valence-corrected chi connectivity index (χ3v) is 3.46. The lowest BCUT2D eigenvalue weighted by Gasteiger charge is -2.18. The molecule has 1 fully saturated rings. The third-order valence-electron chi connectivity index (χ3n) is 2.50. The van der Waals surface area contributed by atoms with Crippen LogP contribution < -0.4 is 0 Å². The fraction of sp³-hybridized carbons (Fsp3) is 0.778. The van der Waals surface area contributed by atoms with Gasteiger partial charge in [-0.05, 0) is 31.3 Å². The summed E-state index contributed by atoms with van der Waals surface area (Å²) in [5, 5.41) is 1.27. The fourth-order valence-corrected chi connectivity index (χ4v) is 2.65. The maximum absolute atomic E-state index is 4.44. The molecular weight excluding hydrogens is 168 g/mol. The van der Waals surface area contributed by atoms with Crippen molar-refractivity contribution in [3.05, 3.63) is 10.8 Å². The summed E-state index contributed by atoms with van der Waals surface area (Å²) in [7, 11) is 0. The lowest BCUT2D eigenvalue weighted by molar-refractivity contribution is 0.442. The molecule has 1 aliphatic carbocycles. The maximum atomic E-state index is 4.44. The van der Waals surface area contributed by atoms with Crippen LogP contribution in [0.15, 0.2) is 0 Å². The summed E-state index contributed by atoms with van der Waals surface area (Å²) < 4.78 is 4.22. The summed E-state index contributed by atoms with van der Waals surface area (Å²) in [6, 6.07) is 0. The molecule has 0 N–H and O–H groups in total. The van der Waals surface area contributed by atoms with Crippen molar-refractivity contribution in [3.63, 3.8) is 0 Å². The topological polar surface area (TPSA) is 25.8 Å². The van der Waals surface area contributed by atoms with Crippen molar-refractivity contribution in [1.29, 1.82) is 0 Å². The Hall–Kier alpha value is -0.440. The normalized spacial score (nSPS) is 19.8. The minimum atomic E-state index is 0.727. The summed E-state index contributed by atoms with van der Waals surface area (Å²) >= 11 is 1.59. The van der Waals surface area contributed by atoms with Crippen LogP contribution in [0.3, 0.4) is 0 Å². The zero-order chi connectivity index (χ0) is 8.39. The van der Waals surface area contributed by atoms with Gasteiger partial charge in [-0.3, -0.25) is 0 Å². The lowest BCUT2D eigenvalue weighted by atomic mass is 9.90. The molecular formula is C9H14N2S. The Morgan fingerprint density at radius 1 is 1.25 bits per heavy atom. The first-order chi connectivity index (χ1) is 5.86. The van der Waals surface area contributed by atoms with E-state index in [0.29, 0.717) is 0 Å². The highest BCUT2D eigenvalue weighted by Gasteiger charge is 2.18. The van der Waals surface area contributed by atoms with Crippen molar-refractivity contribution in [2.24, 2.45) is 0 Å². The molecule has 1 aromatic rings. The minimum absolute atomic E-state index is 0.727. The van der Waals surface area contributed by atoms with Crippen LogP contribution in [-0.2, 0) is 0 Å². The molecule has 0 spiro atoms. The van der Waals surface area contributed by atoms with Crippen LogP contribution in [0.5, 0.6) is 0 Å². The molecule has 0 amide bonds. The average molecular weight is 182 g/mol. The van der Waals surface area contributed by atoms with Gasteiger partial charge >= 0.3 is 0 Å². The third kappa shape index (κ3) is 1.66. The van der Waals surface area contributed by atoms with Crippen LogP contribution >= 0.6 is 11.5 Å². The second-order valence-corrected chi connectivity index (χ2v) is 4.30. The molecule has 1 heterocycles. The van der Waals surface area contributed by atoms with E-state index in [1.165, 1.54) is 37.1 Å². The van der Waals surface area contributed by atoms with Gasteiger partial charge in [0, 0.05) is 5.92 Å². The predicted molar refractivity (Wildman–Crippen MR) is 50.5 cm³/mol. The molecule has 0 saturated heterocycles. The quantitative estimate of drug-likeness (QED) is 0.667. The molecule has 12 heavy (non-hydrogen) atoms. The van der Waals surface area contributed by atoms with Gasteiger partial charge in [-0.15, -0.1) is 0 Å². The summed E-state index contributed by atoms with van der Waals surface area (Å²) in [4.78, 5) is 4.44. The van der Waals surface area contributed by atoms with E-state index in [-0.39, 0.29) is 0 Å². The smallest absolute Gasteiger partial charge is 0.139 e. The summed E-state index contributed by atoms with van der Waals surface area (Å²) in [5.41, 5.74) is 0. The number of hydrogen-bond donors (Lipinski definition) is 0. The first-order valence-corrected chi connectivity index (χ1v) is 5.44. The van der Waals surface area contributed by atoms with Gasteiger partial charge in [-0.1, -0.05) is 19.3 Å². The Labute approximate surface area is 77.2 Å². The Morgan fingerprint density at radius 3 is 2.58 bits per heavy atom. The van der Waals surface area contributed by atoms with Gasteiger partial charge in [-0.25, -0.2) is 4.98 Å². The van der Waals surface area contributed by atoms with Crippen LogP contribution in [0.2, 0.25) is 0 Å². The summed E-state index contributed by atoms with van der Waals surface area (Å²) in [5.74, 6) is 1.67. The zero-order valence-corrected chi connectivity index (χ0v) is 8.23. The summed E-state index contributed by atoms with van der Waals surface area (Å²) in [6.07, 6.45) is 6.82. The highest BCUT2D eigenvalue weighted by atomic mass is 32.1. The van der Waals surface area contributed by atoms with E-state index in [0.717, 1.165) is 11.7 Å². The first-order valence-electron chi connectivity index (χ1n) is 4.66. The molecule has 0 bridgehead atoms. The van der Waals surface area contributed by atoms with E-state index < -0.39 is 0 Å². The molecule has 2 nitrogen and oxygen atoms in total. The van der Waals surface area contributed by atoms with Crippen LogP contribution in [0.4, 0.5) is 0 Å². The molecule has 1 aromatic heterocycles. The van der Waals surface area contributed by atoms with Crippen LogP contribution in [0.25, 0.3) is 0 Å².